The Hall–Kier alpha value is -3.50. The SMILES string of the molecule is CS(=O)(=O)c1cccc(-c2ccc(Nc3nc(N[C@@H]4CCCC[C@@H]4N)ncc3C(N)=O)cc2)c1. The van der Waals surface area contributed by atoms with Crippen molar-refractivity contribution in [2.75, 3.05) is 16.9 Å². The van der Waals surface area contributed by atoms with Crippen LogP contribution in [0.1, 0.15) is 36.0 Å². The number of primary amides is 1. The van der Waals surface area contributed by atoms with Gasteiger partial charge in [-0.05, 0) is 48.2 Å². The first-order chi connectivity index (χ1) is 16.2. The Morgan fingerprint density at radius 1 is 1.06 bits per heavy atom. The number of nitrogens with one attached hydrogen (secondary N) is 2. The number of sulfone groups is 1. The van der Waals surface area contributed by atoms with Crippen LogP contribution in [0, 0.1) is 0 Å². The van der Waals surface area contributed by atoms with Crippen molar-refractivity contribution in [3.63, 3.8) is 0 Å². The first-order valence-electron chi connectivity index (χ1n) is 11.1. The van der Waals surface area contributed by atoms with Gasteiger partial charge in [0.05, 0.1) is 4.90 Å². The van der Waals surface area contributed by atoms with Gasteiger partial charge in [-0.2, -0.15) is 4.98 Å². The molecule has 1 saturated carbocycles. The molecule has 2 aromatic carbocycles. The molecule has 1 fully saturated rings. The second-order valence-electron chi connectivity index (χ2n) is 8.52. The van der Waals surface area contributed by atoms with Gasteiger partial charge in [-0.3, -0.25) is 4.79 Å². The summed E-state index contributed by atoms with van der Waals surface area (Å²) >= 11 is 0. The largest absolute Gasteiger partial charge is 0.365 e. The lowest BCUT2D eigenvalue weighted by Gasteiger charge is -2.29. The van der Waals surface area contributed by atoms with Crippen molar-refractivity contribution in [1.29, 1.82) is 0 Å². The third kappa shape index (κ3) is 5.52. The Kier molecular flexibility index (Phi) is 6.80. The number of hydrogen-bond acceptors (Lipinski definition) is 8. The van der Waals surface area contributed by atoms with E-state index in [0.29, 0.717) is 17.5 Å². The summed E-state index contributed by atoms with van der Waals surface area (Å²) in [5, 5.41) is 6.42. The van der Waals surface area contributed by atoms with Gasteiger partial charge in [0.25, 0.3) is 5.91 Å². The quantitative estimate of drug-likeness (QED) is 0.402. The summed E-state index contributed by atoms with van der Waals surface area (Å²) in [6.07, 6.45) is 6.67. The topological polar surface area (TPSA) is 153 Å². The van der Waals surface area contributed by atoms with E-state index in [1.807, 2.05) is 30.3 Å². The maximum Gasteiger partial charge on any atom is 0.254 e. The Morgan fingerprint density at radius 3 is 2.47 bits per heavy atom. The van der Waals surface area contributed by atoms with Crippen molar-refractivity contribution in [3.8, 4) is 11.1 Å². The summed E-state index contributed by atoms with van der Waals surface area (Å²) in [6, 6.07) is 14.2. The van der Waals surface area contributed by atoms with Gasteiger partial charge in [0, 0.05) is 30.2 Å². The van der Waals surface area contributed by atoms with E-state index in [2.05, 4.69) is 20.6 Å². The Bertz CT molecular complexity index is 1290. The zero-order chi connectivity index (χ0) is 24.3. The number of aromatic nitrogens is 2. The lowest BCUT2D eigenvalue weighted by Crippen LogP contribution is -2.43. The first kappa shape index (κ1) is 23.7. The summed E-state index contributed by atoms with van der Waals surface area (Å²) in [6.45, 7) is 0. The van der Waals surface area contributed by atoms with Gasteiger partial charge >= 0.3 is 0 Å². The first-order valence-corrected chi connectivity index (χ1v) is 13.0. The zero-order valence-electron chi connectivity index (χ0n) is 18.9. The van der Waals surface area contributed by atoms with Crippen molar-refractivity contribution < 1.29 is 13.2 Å². The van der Waals surface area contributed by atoms with Crippen molar-refractivity contribution in [2.24, 2.45) is 11.5 Å². The van der Waals surface area contributed by atoms with Gasteiger partial charge in [0.2, 0.25) is 5.95 Å². The van der Waals surface area contributed by atoms with Crippen molar-refractivity contribution >= 4 is 33.2 Å². The minimum Gasteiger partial charge on any atom is -0.365 e. The highest BCUT2D eigenvalue weighted by atomic mass is 32.2. The summed E-state index contributed by atoms with van der Waals surface area (Å²) in [7, 11) is -3.30. The lowest BCUT2D eigenvalue weighted by molar-refractivity contribution is 0.100. The van der Waals surface area contributed by atoms with Crippen LogP contribution in [0.2, 0.25) is 0 Å². The van der Waals surface area contributed by atoms with Gasteiger partial charge in [0.15, 0.2) is 9.84 Å². The molecule has 4 rings (SSSR count). The standard InChI is InChI=1S/C24H28N6O3S/c1-34(32,33)18-6-4-5-16(13-18)15-9-11-17(12-10-15)28-23-19(22(26)31)14-27-24(30-23)29-21-8-3-2-7-20(21)25/h4-6,9-14,20-21H,2-3,7-8,25H2,1H3,(H2,26,31)(H2,27,28,29,30)/t20-,21+/m0/s1. The molecular formula is C24H28N6O3S. The smallest absolute Gasteiger partial charge is 0.254 e. The molecule has 9 nitrogen and oxygen atoms in total. The van der Waals surface area contributed by atoms with Gasteiger partial charge in [-0.15, -0.1) is 0 Å². The highest BCUT2D eigenvalue weighted by Gasteiger charge is 2.23. The second kappa shape index (κ2) is 9.78. The molecule has 10 heteroatoms. The predicted molar refractivity (Wildman–Crippen MR) is 133 cm³/mol. The van der Waals surface area contributed by atoms with Crippen molar-refractivity contribution in [1.82, 2.24) is 9.97 Å². The Balaban J connectivity index is 1.56. The molecule has 0 saturated heterocycles. The van der Waals surface area contributed by atoms with E-state index >= 15 is 0 Å². The maximum absolute atomic E-state index is 11.9. The molecular weight excluding hydrogens is 452 g/mol. The monoisotopic (exact) mass is 480 g/mol. The average Bonchev–Trinajstić information content (AvgIpc) is 2.81. The van der Waals surface area contributed by atoms with Crippen LogP contribution in [0.3, 0.4) is 0 Å². The summed E-state index contributed by atoms with van der Waals surface area (Å²) in [5.74, 6) is 0.0305. The van der Waals surface area contributed by atoms with Gasteiger partial charge in [-0.1, -0.05) is 37.1 Å². The molecule has 2 atom stereocenters. The van der Waals surface area contributed by atoms with Crippen LogP contribution in [0.15, 0.2) is 59.6 Å². The molecule has 34 heavy (non-hydrogen) atoms. The minimum absolute atomic E-state index is 0.0262. The van der Waals surface area contributed by atoms with E-state index in [1.165, 1.54) is 12.5 Å². The molecule has 1 amide bonds. The molecule has 1 heterocycles. The van der Waals surface area contributed by atoms with E-state index in [-0.39, 0.29) is 22.5 Å². The zero-order valence-corrected chi connectivity index (χ0v) is 19.7. The number of carbonyl (C=O) groups excluding carboxylic acids is 1. The molecule has 0 radical (unpaired) electrons. The molecule has 0 unspecified atom stereocenters. The number of benzene rings is 2. The molecule has 0 spiro atoms. The molecule has 6 N–H and O–H groups in total. The predicted octanol–water partition coefficient (Wildman–Crippen LogP) is 3.07. The fraction of sp³-hybridized carbons (Fsp3) is 0.292. The number of amides is 1. The molecule has 178 valence electrons. The average molecular weight is 481 g/mol. The third-order valence-electron chi connectivity index (χ3n) is 5.93. The number of nitrogens with zero attached hydrogens (tertiary/aromatic N) is 2. The van der Waals surface area contributed by atoms with E-state index in [4.69, 9.17) is 11.5 Å². The number of anilines is 3. The van der Waals surface area contributed by atoms with Crippen LogP contribution in [0.25, 0.3) is 11.1 Å². The number of hydrogen-bond donors (Lipinski definition) is 4. The summed E-state index contributed by atoms with van der Waals surface area (Å²) in [5.41, 5.74) is 14.2. The van der Waals surface area contributed by atoms with Crippen molar-refractivity contribution in [2.45, 2.75) is 42.7 Å². The molecule has 1 aromatic heterocycles. The molecule has 1 aliphatic rings. The highest BCUT2D eigenvalue weighted by Crippen LogP contribution is 2.27. The van der Waals surface area contributed by atoms with Crippen LogP contribution >= 0.6 is 0 Å². The van der Waals surface area contributed by atoms with Crippen LogP contribution < -0.4 is 22.1 Å². The Labute approximate surface area is 198 Å². The lowest BCUT2D eigenvalue weighted by atomic mass is 9.91. The maximum atomic E-state index is 11.9. The van der Waals surface area contributed by atoms with Gasteiger partial charge < -0.3 is 22.1 Å². The fourth-order valence-electron chi connectivity index (χ4n) is 4.02. The third-order valence-corrected chi connectivity index (χ3v) is 7.04. The van der Waals surface area contributed by atoms with E-state index in [0.717, 1.165) is 36.8 Å². The minimum atomic E-state index is -3.30. The summed E-state index contributed by atoms with van der Waals surface area (Å²) < 4.78 is 23.7. The van der Waals surface area contributed by atoms with E-state index in [9.17, 15) is 13.2 Å². The van der Waals surface area contributed by atoms with E-state index < -0.39 is 15.7 Å². The molecule has 0 bridgehead atoms. The van der Waals surface area contributed by atoms with Gasteiger partial charge in [0.1, 0.15) is 11.4 Å². The number of rotatable bonds is 7. The normalized spacial score (nSPS) is 18.3. The Morgan fingerprint density at radius 2 is 1.79 bits per heavy atom. The highest BCUT2D eigenvalue weighted by molar-refractivity contribution is 7.90. The van der Waals surface area contributed by atoms with E-state index in [1.54, 1.807) is 18.2 Å². The number of carbonyl (C=O) groups is 1. The van der Waals surface area contributed by atoms with Gasteiger partial charge in [-0.25, -0.2) is 13.4 Å². The fourth-order valence-corrected chi connectivity index (χ4v) is 4.69. The molecule has 3 aromatic rings. The second-order valence-corrected chi connectivity index (χ2v) is 10.5. The van der Waals surface area contributed by atoms with Crippen LogP contribution in [0.5, 0.6) is 0 Å². The van der Waals surface area contributed by atoms with Crippen molar-refractivity contribution in [3.05, 3.63) is 60.3 Å². The van der Waals surface area contributed by atoms with Crippen LogP contribution in [-0.4, -0.2) is 42.6 Å². The number of nitrogens with two attached hydrogens (primary N) is 2. The molecule has 1 aliphatic carbocycles. The van der Waals surface area contributed by atoms with Crippen LogP contribution in [0.4, 0.5) is 17.5 Å². The summed E-state index contributed by atoms with van der Waals surface area (Å²) in [4.78, 5) is 20.9. The van der Waals surface area contributed by atoms with Crippen LogP contribution in [-0.2, 0) is 9.84 Å². The molecule has 0 aliphatic heterocycles.